The normalized spacial score (nSPS) is 11.2. The van der Waals surface area contributed by atoms with Crippen molar-refractivity contribution in [3.05, 3.63) is 28.8 Å². The smallest absolute Gasteiger partial charge is 0.442 e. The van der Waals surface area contributed by atoms with Crippen LogP contribution in [0.25, 0.3) is 0 Å². The van der Waals surface area contributed by atoms with E-state index in [0.29, 0.717) is 11.1 Å². The molecular formula is C12H12F3NO3S. The van der Waals surface area contributed by atoms with Gasteiger partial charge in [-0.3, -0.25) is 4.79 Å². The lowest BCUT2D eigenvalue weighted by molar-refractivity contribution is -0.114. The number of benzene rings is 1. The highest BCUT2D eigenvalue weighted by atomic mass is 32.2. The minimum Gasteiger partial charge on any atom is -0.478 e. The number of amides is 1. The average Bonchev–Trinajstić information content (AvgIpc) is 2.28. The third-order valence-corrected chi connectivity index (χ3v) is 3.18. The number of aryl methyl sites for hydroxylation is 2. The molecule has 0 aliphatic rings. The second kappa shape index (κ2) is 6.17. The summed E-state index contributed by atoms with van der Waals surface area (Å²) in [6.07, 6.45) is 0. The summed E-state index contributed by atoms with van der Waals surface area (Å²) in [5, 5.41) is 11.2. The van der Waals surface area contributed by atoms with Crippen LogP contribution >= 0.6 is 11.8 Å². The molecule has 0 fully saturated rings. The van der Waals surface area contributed by atoms with Gasteiger partial charge in [0, 0.05) is 5.69 Å². The SMILES string of the molecule is Cc1cc(C)c(C(=O)O)cc1NC(=O)CSC(F)(F)F. The lowest BCUT2D eigenvalue weighted by Gasteiger charge is -2.12. The highest BCUT2D eigenvalue weighted by Gasteiger charge is 2.29. The fourth-order valence-corrected chi connectivity index (χ4v) is 1.92. The monoisotopic (exact) mass is 307 g/mol. The number of aromatic carboxylic acids is 1. The predicted molar refractivity (Wildman–Crippen MR) is 70.0 cm³/mol. The second-order valence-electron chi connectivity index (χ2n) is 4.07. The third kappa shape index (κ3) is 4.76. The first-order valence-electron chi connectivity index (χ1n) is 5.45. The van der Waals surface area contributed by atoms with Gasteiger partial charge < -0.3 is 10.4 Å². The van der Waals surface area contributed by atoms with E-state index in [0.717, 1.165) is 0 Å². The number of hydrogen-bond acceptors (Lipinski definition) is 3. The molecule has 0 aliphatic heterocycles. The van der Waals surface area contributed by atoms with E-state index in [4.69, 9.17) is 5.11 Å². The molecule has 1 rings (SSSR count). The van der Waals surface area contributed by atoms with Crippen molar-refractivity contribution in [2.75, 3.05) is 11.1 Å². The minimum atomic E-state index is -4.48. The van der Waals surface area contributed by atoms with E-state index in [-0.39, 0.29) is 11.3 Å². The number of carboxylic acid groups (broad SMARTS) is 1. The zero-order valence-corrected chi connectivity index (χ0v) is 11.5. The largest absolute Gasteiger partial charge is 0.478 e. The summed E-state index contributed by atoms with van der Waals surface area (Å²) in [4.78, 5) is 22.4. The number of alkyl halides is 3. The molecule has 8 heteroatoms. The maximum absolute atomic E-state index is 12.0. The van der Waals surface area contributed by atoms with Gasteiger partial charge in [0.15, 0.2) is 0 Å². The van der Waals surface area contributed by atoms with Gasteiger partial charge in [0.2, 0.25) is 5.91 Å². The third-order valence-electron chi connectivity index (χ3n) is 2.44. The maximum Gasteiger partial charge on any atom is 0.442 e. The Labute approximate surface area is 117 Å². The highest BCUT2D eigenvalue weighted by Crippen LogP contribution is 2.30. The molecule has 110 valence electrons. The Balaban J connectivity index is 2.85. The lowest BCUT2D eigenvalue weighted by Crippen LogP contribution is -2.18. The quantitative estimate of drug-likeness (QED) is 0.896. The van der Waals surface area contributed by atoms with Gasteiger partial charge in [-0.05, 0) is 42.8 Å². The first-order valence-corrected chi connectivity index (χ1v) is 6.44. The van der Waals surface area contributed by atoms with Crippen LogP contribution in [-0.2, 0) is 4.79 Å². The first-order chi connectivity index (χ1) is 9.10. The van der Waals surface area contributed by atoms with Crippen LogP contribution in [0.5, 0.6) is 0 Å². The highest BCUT2D eigenvalue weighted by molar-refractivity contribution is 8.00. The Morgan fingerprint density at radius 3 is 2.35 bits per heavy atom. The van der Waals surface area contributed by atoms with Gasteiger partial charge >= 0.3 is 11.5 Å². The Kier molecular flexibility index (Phi) is 5.04. The topological polar surface area (TPSA) is 66.4 Å². The van der Waals surface area contributed by atoms with Gasteiger partial charge in [-0.15, -0.1) is 0 Å². The van der Waals surface area contributed by atoms with Gasteiger partial charge in [-0.1, -0.05) is 6.07 Å². The zero-order chi connectivity index (χ0) is 15.5. The number of anilines is 1. The molecule has 2 N–H and O–H groups in total. The molecule has 0 radical (unpaired) electrons. The fraction of sp³-hybridized carbons (Fsp3) is 0.333. The Morgan fingerprint density at radius 2 is 1.85 bits per heavy atom. The summed E-state index contributed by atoms with van der Waals surface area (Å²) in [6.45, 7) is 3.23. The van der Waals surface area contributed by atoms with Crippen molar-refractivity contribution in [2.45, 2.75) is 19.4 Å². The van der Waals surface area contributed by atoms with Crippen LogP contribution in [0.15, 0.2) is 12.1 Å². The molecule has 0 aromatic heterocycles. The molecule has 0 bridgehead atoms. The van der Waals surface area contributed by atoms with E-state index in [1.54, 1.807) is 19.9 Å². The zero-order valence-electron chi connectivity index (χ0n) is 10.7. The van der Waals surface area contributed by atoms with Crippen LogP contribution < -0.4 is 5.32 Å². The van der Waals surface area contributed by atoms with Crippen LogP contribution in [0.2, 0.25) is 0 Å². The van der Waals surface area contributed by atoms with Crippen LogP contribution in [0.4, 0.5) is 18.9 Å². The number of carboxylic acids is 1. The molecule has 1 aromatic carbocycles. The van der Waals surface area contributed by atoms with Crippen LogP contribution in [0, 0.1) is 13.8 Å². The summed E-state index contributed by atoms with van der Waals surface area (Å²) in [5.74, 6) is -2.78. The Morgan fingerprint density at radius 1 is 1.25 bits per heavy atom. The van der Waals surface area contributed by atoms with Crippen LogP contribution in [0.1, 0.15) is 21.5 Å². The molecular weight excluding hydrogens is 295 g/mol. The lowest BCUT2D eigenvalue weighted by atomic mass is 10.0. The van der Waals surface area contributed by atoms with Gasteiger partial charge in [0.25, 0.3) is 0 Å². The van der Waals surface area contributed by atoms with Crippen molar-refractivity contribution in [1.29, 1.82) is 0 Å². The number of halogens is 3. The van der Waals surface area contributed by atoms with E-state index in [2.05, 4.69) is 5.32 Å². The van der Waals surface area contributed by atoms with E-state index in [1.165, 1.54) is 6.07 Å². The molecule has 0 unspecified atom stereocenters. The van der Waals surface area contributed by atoms with Crippen molar-refractivity contribution >= 4 is 29.3 Å². The van der Waals surface area contributed by atoms with Crippen molar-refractivity contribution in [3.8, 4) is 0 Å². The summed E-state index contributed by atoms with van der Waals surface area (Å²) in [7, 11) is 0. The molecule has 1 amide bonds. The van der Waals surface area contributed by atoms with E-state index in [9.17, 15) is 22.8 Å². The molecule has 20 heavy (non-hydrogen) atoms. The number of rotatable bonds is 4. The number of carbonyl (C=O) groups is 2. The number of carbonyl (C=O) groups excluding carboxylic acids is 1. The minimum absolute atomic E-state index is 0.00521. The number of thioether (sulfide) groups is 1. The molecule has 0 heterocycles. The molecule has 0 atom stereocenters. The summed E-state index contributed by atoms with van der Waals surface area (Å²) in [6, 6.07) is 2.79. The fourth-order valence-electron chi connectivity index (χ4n) is 1.55. The molecule has 1 aromatic rings. The molecule has 0 saturated heterocycles. The Bertz CT molecular complexity index is 543. The van der Waals surface area contributed by atoms with Gasteiger partial charge in [-0.2, -0.15) is 13.2 Å². The average molecular weight is 307 g/mol. The number of nitrogens with one attached hydrogen (secondary N) is 1. The first kappa shape index (κ1) is 16.4. The Hall–Kier alpha value is -1.70. The standard InChI is InChI=1S/C12H12F3NO3S/c1-6-3-7(2)9(4-8(6)11(18)19)16-10(17)5-20-12(13,14)15/h3-4H,5H2,1-2H3,(H,16,17)(H,18,19). The van der Waals surface area contributed by atoms with Crippen molar-refractivity contribution in [1.82, 2.24) is 0 Å². The van der Waals surface area contributed by atoms with E-state index in [1.807, 2.05) is 0 Å². The summed E-state index contributed by atoms with van der Waals surface area (Å²) < 4.78 is 35.9. The molecule has 4 nitrogen and oxygen atoms in total. The summed E-state index contributed by atoms with van der Waals surface area (Å²) >= 11 is -0.448. The van der Waals surface area contributed by atoms with E-state index < -0.39 is 34.9 Å². The second-order valence-corrected chi connectivity index (χ2v) is 5.11. The van der Waals surface area contributed by atoms with Crippen LogP contribution in [0.3, 0.4) is 0 Å². The maximum atomic E-state index is 12.0. The molecule has 0 aliphatic carbocycles. The van der Waals surface area contributed by atoms with Crippen molar-refractivity contribution in [2.24, 2.45) is 0 Å². The summed E-state index contributed by atoms with van der Waals surface area (Å²) in [5.41, 5.74) is -3.20. The van der Waals surface area contributed by atoms with Gasteiger partial charge in [-0.25, -0.2) is 4.79 Å². The van der Waals surface area contributed by atoms with Crippen molar-refractivity contribution in [3.63, 3.8) is 0 Å². The van der Waals surface area contributed by atoms with E-state index >= 15 is 0 Å². The van der Waals surface area contributed by atoms with Crippen molar-refractivity contribution < 1.29 is 27.9 Å². The molecule has 0 saturated carbocycles. The molecule has 0 spiro atoms. The van der Waals surface area contributed by atoms with Gasteiger partial charge in [0.05, 0.1) is 11.3 Å². The predicted octanol–water partition coefficient (Wildman–Crippen LogP) is 3.19. The van der Waals surface area contributed by atoms with Gasteiger partial charge in [0.1, 0.15) is 0 Å². The van der Waals surface area contributed by atoms with Crippen LogP contribution in [-0.4, -0.2) is 28.2 Å². The number of hydrogen-bond donors (Lipinski definition) is 2.